The Balaban J connectivity index is 2.12. The number of benzene rings is 1. The molecule has 0 aromatic heterocycles. The molecule has 1 aromatic rings. The molecular formula is C10H12O3. The Morgan fingerprint density at radius 1 is 1.38 bits per heavy atom. The number of epoxide rings is 1. The van der Waals surface area contributed by atoms with Gasteiger partial charge in [0.25, 0.3) is 0 Å². The SMILES string of the molecule is OC[C@@H](O)c1ccc([C@@H]2CO2)cc1. The highest BCUT2D eigenvalue weighted by atomic mass is 16.6. The minimum Gasteiger partial charge on any atom is -0.393 e. The summed E-state index contributed by atoms with van der Waals surface area (Å²) < 4.78 is 5.11. The Bertz CT molecular complexity index is 277. The van der Waals surface area contributed by atoms with E-state index in [9.17, 15) is 5.11 Å². The molecule has 70 valence electrons. The van der Waals surface area contributed by atoms with Gasteiger partial charge in [-0.05, 0) is 11.1 Å². The topological polar surface area (TPSA) is 53.0 Å². The Morgan fingerprint density at radius 2 is 2.00 bits per heavy atom. The second-order valence-electron chi connectivity index (χ2n) is 3.19. The molecule has 2 N–H and O–H groups in total. The van der Waals surface area contributed by atoms with E-state index >= 15 is 0 Å². The summed E-state index contributed by atoms with van der Waals surface area (Å²) in [5.41, 5.74) is 1.88. The average Bonchev–Trinajstić information content (AvgIpc) is 3.00. The molecule has 1 aliphatic heterocycles. The summed E-state index contributed by atoms with van der Waals surface area (Å²) in [6, 6.07) is 7.48. The second kappa shape index (κ2) is 3.46. The maximum atomic E-state index is 9.29. The van der Waals surface area contributed by atoms with Gasteiger partial charge in [0.05, 0.1) is 13.2 Å². The Morgan fingerprint density at radius 3 is 2.46 bits per heavy atom. The second-order valence-corrected chi connectivity index (χ2v) is 3.19. The summed E-state index contributed by atoms with van der Waals surface area (Å²) in [7, 11) is 0. The first-order valence-electron chi connectivity index (χ1n) is 4.31. The van der Waals surface area contributed by atoms with Crippen LogP contribution in [0.5, 0.6) is 0 Å². The van der Waals surface area contributed by atoms with Crippen LogP contribution in [0.25, 0.3) is 0 Å². The molecule has 1 heterocycles. The highest BCUT2D eigenvalue weighted by Gasteiger charge is 2.24. The third kappa shape index (κ3) is 1.88. The van der Waals surface area contributed by atoms with Gasteiger partial charge >= 0.3 is 0 Å². The van der Waals surface area contributed by atoms with E-state index in [2.05, 4.69) is 0 Å². The molecule has 0 spiro atoms. The van der Waals surface area contributed by atoms with Crippen molar-refractivity contribution in [2.75, 3.05) is 13.2 Å². The van der Waals surface area contributed by atoms with Crippen molar-refractivity contribution < 1.29 is 14.9 Å². The predicted molar refractivity (Wildman–Crippen MR) is 47.2 cm³/mol. The van der Waals surface area contributed by atoms with Gasteiger partial charge in [-0.3, -0.25) is 0 Å². The molecule has 0 aliphatic carbocycles. The van der Waals surface area contributed by atoms with Gasteiger partial charge in [0.1, 0.15) is 12.2 Å². The smallest absolute Gasteiger partial charge is 0.106 e. The summed E-state index contributed by atoms with van der Waals surface area (Å²) >= 11 is 0. The number of ether oxygens (including phenoxy) is 1. The maximum Gasteiger partial charge on any atom is 0.106 e. The standard InChI is InChI=1S/C10H12O3/c11-5-9(12)7-1-3-8(4-2-7)10-6-13-10/h1-4,9-12H,5-6H2/t9-,10+/m1/s1. The van der Waals surface area contributed by atoms with Crippen LogP contribution in [0.15, 0.2) is 24.3 Å². The van der Waals surface area contributed by atoms with Crippen LogP contribution in [0.1, 0.15) is 23.3 Å². The zero-order valence-electron chi connectivity index (χ0n) is 7.18. The lowest BCUT2D eigenvalue weighted by Gasteiger charge is -2.07. The van der Waals surface area contributed by atoms with Crippen LogP contribution in [-0.2, 0) is 4.74 Å². The van der Waals surface area contributed by atoms with E-state index in [4.69, 9.17) is 9.84 Å². The van der Waals surface area contributed by atoms with Crippen LogP contribution in [0, 0.1) is 0 Å². The highest BCUT2D eigenvalue weighted by Crippen LogP contribution is 2.30. The molecule has 3 heteroatoms. The minimum absolute atomic E-state index is 0.237. The fourth-order valence-electron chi connectivity index (χ4n) is 1.28. The van der Waals surface area contributed by atoms with E-state index in [1.165, 1.54) is 0 Å². The van der Waals surface area contributed by atoms with Gasteiger partial charge in [-0.1, -0.05) is 24.3 Å². The van der Waals surface area contributed by atoms with E-state index in [0.717, 1.165) is 17.7 Å². The van der Waals surface area contributed by atoms with Crippen molar-refractivity contribution in [3.8, 4) is 0 Å². The molecular weight excluding hydrogens is 168 g/mol. The van der Waals surface area contributed by atoms with E-state index < -0.39 is 6.10 Å². The van der Waals surface area contributed by atoms with Gasteiger partial charge in [-0.15, -0.1) is 0 Å². The lowest BCUT2D eigenvalue weighted by molar-refractivity contribution is 0.0956. The lowest BCUT2D eigenvalue weighted by Crippen LogP contribution is -2.01. The maximum absolute atomic E-state index is 9.29. The van der Waals surface area contributed by atoms with Crippen molar-refractivity contribution in [2.24, 2.45) is 0 Å². The van der Waals surface area contributed by atoms with Crippen molar-refractivity contribution >= 4 is 0 Å². The number of aliphatic hydroxyl groups excluding tert-OH is 2. The number of hydrogen-bond donors (Lipinski definition) is 2. The Labute approximate surface area is 76.6 Å². The van der Waals surface area contributed by atoms with Crippen molar-refractivity contribution in [1.29, 1.82) is 0 Å². The van der Waals surface area contributed by atoms with E-state index in [-0.39, 0.29) is 12.7 Å². The third-order valence-electron chi connectivity index (χ3n) is 2.20. The van der Waals surface area contributed by atoms with Gasteiger partial charge in [-0.25, -0.2) is 0 Å². The van der Waals surface area contributed by atoms with Gasteiger partial charge < -0.3 is 14.9 Å². The first-order chi connectivity index (χ1) is 6.31. The lowest BCUT2D eigenvalue weighted by atomic mass is 10.1. The summed E-state index contributed by atoms with van der Waals surface area (Å²) in [6.07, 6.45) is -0.519. The molecule has 3 nitrogen and oxygen atoms in total. The number of rotatable bonds is 3. The fourth-order valence-corrected chi connectivity index (χ4v) is 1.28. The summed E-state index contributed by atoms with van der Waals surface area (Å²) in [6.45, 7) is 0.557. The van der Waals surface area contributed by atoms with Crippen LogP contribution in [0.4, 0.5) is 0 Å². The van der Waals surface area contributed by atoms with Gasteiger partial charge in [0.15, 0.2) is 0 Å². The largest absolute Gasteiger partial charge is 0.393 e. The number of aliphatic hydroxyl groups is 2. The van der Waals surface area contributed by atoms with Gasteiger partial charge in [0, 0.05) is 0 Å². The van der Waals surface area contributed by atoms with E-state index in [1.807, 2.05) is 24.3 Å². The monoisotopic (exact) mass is 180 g/mol. The Kier molecular flexibility index (Phi) is 2.31. The molecule has 2 atom stereocenters. The molecule has 1 aliphatic rings. The summed E-state index contributed by atoms with van der Waals surface area (Å²) in [4.78, 5) is 0. The molecule has 0 amide bonds. The van der Waals surface area contributed by atoms with Crippen LogP contribution in [0.3, 0.4) is 0 Å². The predicted octanol–water partition coefficient (Wildman–Crippen LogP) is 0.784. The summed E-state index contributed by atoms with van der Waals surface area (Å²) in [5, 5.41) is 18.0. The third-order valence-corrected chi connectivity index (χ3v) is 2.20. The Hall–Kier alpha value is -0.900. The van der Waals surface area contributed by atoms with Crippen molar-refractivity contribution in [3.05, 3.63) is 35.4 Å². The van der Waals surface area contributed by atoms with E-state index in [0.29, 0.717) is 0 Å². The molecule has 1 aromatic carbocycles. The van der Waals surface area contributed by atoms with E-state index in [1.54, 1.807) is 0 Å². The zero-order chi connectivity index (χ0) is 9.26. The molecule has 0 bridgehead atoms. The quantitative estimate of drug-likeness (QED) is 0.676. The van der Waals surface area contributed by atoms with Crippen LogP contribution in [0.2, 0.25) is 0 Å². The van der Waals surface area contributed by atoms with Crippen LogP contribution < -0.4 is 0 Å². The van der Waals surface area contributed by atoms with Crippen LogP contribution >= 0.6 is 0 Å². The first kappa shape index (κ1) is 8.69. The molecule has 0 saturated carbocycles. The molecule has 0 unspecified atom stereocenters. The molecule has 13 heavy (non-hydrogen) atoms. The summed E-state index contributed by atoms with van der Waals surface area (Å²) in [5.74, 6) is 0. The zero-order valence-corrected chi connectivity index (χ0v) is 7.18. The average molecular weight is 180 g/mol. The minimum atomic E-state index is -0.769. The van der Waals surface area contributed by atoms with Crippen molar-refractivity contribution in [3.63, 3.8) is 0 Å². The van der Waals surface area contributed by atoms with Gasteiger partial charge in [-0.2, -0.15) is 0 Å². The number of hydrogen-bond acceptors (Lipinski definition) is 3. The van der Waals surface area contributed by atoms with Crippen molar-refractivity contribution in [2.45, 2.75) is 12.2 Å². The van der Waals surface area contributed by atoms with Gasteiger partial charge in [0.2, 0.25) is 0 Å². The normalized spacial score (nSPS) is 22.8. The molecule has 1 fully saturated rings. The molecule has 2 rings (SSSR count). The highest BCUT2D eigenvalue weighted by molar-refractivity contribution is 5.27. The van der Waals surface area contributed by atoms with Crippen LogP contribution in [-0.4, -0.2) is 23.4 Å². The molecule has 0 radical (unpaired) electrons. The molecule has 1 saturated heterocycles. The first-order valence-corrected chi connectivity index (χ1v) is 4.31. The fraction of sp³-hybridized carbons (Fsp3) is 0.400. The van der Waals surface area contributed by atoms with Crippen molar-refractivity contribution in [1.82, 2.24) is 0 Å².